The average Bonchev–Trinajstić information content (AvgIpc) is 2.36. The summed E-state index contributed by atoms with van der Waals surface area (Å²) in [5.74, 6) is -0.763. The zero-order chi connectivity index (χ0) is 14.4. The molecular weight excluding hydrogens is 267 g/mol. The van der Waals surface area contributed by atoms with Gasteiger partial charge in [0.25, 0.3) is 0 Å². The molecule has 0 spiro atoms. The Balaban J connectivity index is 3.04. The van der Waals surface area contributed by atoms with E-state index in [0.717, 1.165) is 0 Å². The zero-order valence-corrected chi connectivity index (χ0v) is 11.8. The van der Waals surface area contributed by atoms with Gasteiger partial charge in [0, 0.05) is 17.8 Å². The molecule has 1 aromatic rings. The van der Waals surface area contributed by atoms with Gasteiger partial charge in [0.15, 0.2) is 0 Å². The third-order valence-electron chi connectivity index (χ3n) is 2.57. The van der Waals surface area contributed by atoms with Crippen molar-refractivity contribution in [3.05, 3.63) is 29.6 Å². The molecule has 0 aliphatic rings. The molecule has 0 aliphatic heterocycles. The number of esters is 1. The second kappa shape index (κ2) is 7.04. The minimum atomic E-state index is -0.418. The molecule has 0 radical (unpaired) electrons. The van der Waals surface area contributed by atoms with Crippen molar-refractivity contribution >= 4 is 28.9 Å². The first-order valence-corrected chi connectivity index (χ1v) is 6.40. The summed E-state index contributed by atoms with van der Waals surface area (Å²) in [6, 6.07) is 4.14. The van der Waals surface area contributed by atoms with Crippen LogP contribution in [0.5, 0.6) is 0 Å². The van der Waals surface area contributed by atoms with Crippen LogP contribution in [0.1, 0.15) is 19.4 Å². The summed E-state index contributed by atoms with van der Waals surface area (Å²) in [6.45, 7) is 4.58. The number of benzene rings is 1. The van der Waals surface area contributed by atoms with Crippen molar-refractivity contribution in [2.75, 3.05) is 24.6 Å². The number of rotatable bonds is 6. The van der Waals surface area contributed by atoms with Crippen molar-refractivity contribution in [3.63, 3.8) is 0 Å². The van der Waals surface area contributed by atoms with Crippen molar-refractivity contribution in [3.8, 4) is 0 Å². The summed E-state index contributed by atoms with van der Waals surface area (Å²) < 4.78 is 18.1. The second-order valence-electron chi connectivity index (χ2n) is 3.84. The van der Waals surface area contributed by atoms with E-state index < -0.39 is 5.82 Å². The lowest BCUT2D eigenvalue weighted by molar-refractivity contribution is -0.141. The van der Waals surface area contributed by atoms with Crippen LogP contribution in [0.25, 0.3) is 0 Å². The first-order chi connectivity index (χ1) is 8.99. The van der Waals surface area contributed by atoms with Crippen LogP contribution in [0.3, 0.4) is 0 Å². The van der Waals surface area contributed by atoms with Gasteiger partial charge in [0.05, 0.1) is 6.61 Å². The Morgan fingerprint density at radius 2 is 2.16 bits per heavy atom. The fourth-order valence-corrected chi connectivity index (χ4v) is 1.87. The molecular formula is C13H17FN2O2S. The number of thiocarbonyl (C=S) groups is 1. The van der Waals surface area contributed by atoms with Crippen molar-refractivity contribution < 1.29 is 13.9 Å². The van der Waals surface area contributed by atoms with E-state index >= 15 is 0 Å². The Morgan fingerprint density at radius 1 is 1.47 bits per heavy atom. The zero-order valence-electron chi connectivity index (χ0n) is 11.0. The summed E-state index contributed by atoms with van der Waals surface area (Å²) in [5.41, 5.74) is 6.63. The SMILES string of the molecule is CCOC(=O)CN(CC)c1ccc(F)cc1C(N)=S. The van der Waals surface area contributed by atoms with Crippen LogP contribution in [-0.2, 0) is 9.53 Å². The van der Waals surface area contributed by atoms with Gasteiger partial charge < -0.3 is 15.4 Å². The molecule has 0 aromatic heterocycles. The van der Waals surface area contributed by atoms with Gasteiger partial charge in [-0.05, 0) is 32.0 Å². The smallest absolute Gasteiger partial charge is 0.325 e. The molecule has 0 heterocycles. The van der Waals surface area contributed by atoms with E-state index in [1.165, 1.54) is 12.1 Å². The first-order valence-electron chi connectivity index (χ1n) is 5.99. The minimum absolute atomic E-state index is 0.0750. The van der Waals surface area contributed by atoms with E-state index in [4.69, 9.17) is 22.7 Å². The molecule has 0 fully saturated rings. The standard InChI is InChI=1S/C13H17FN2O2S/c1-3-16(8-12(17)18-4-2)11-6-5-9(14)7-10(11)13(15)19/h5-7H,3-4,8H2,1-2H3,(H2,15,19). The highest BCUT2D eigenvalue weighted by Gasteiger charge is 2.16. The van der Waals surface area contributed by atoms with Crippen molar-refractivity contribution in [1.82, 2.24) is 0 Å². The molecule has 0 atom stereocenters. The molecule has 0 unspecified atom stereocenters. The third kappa shape index (κ3) is 4.17. The summed E-state index contributed by atoms with van der Waals surface area (Å²) >= 11 is 4.91. The molecule has 6 heteroatoms. The lowest BCUT2D eigenvalue weighted by Gasteiger charge is -2.24. The predicted octanol–water partition coefficient (Wildman–Crippen LogP) is 1.85. The van der Waals surface area contributed by atoms with Gasteiger partial charge >= 0.3 is 5.97 Å². The maximum absolute atomic E-state index is 13.2. The lowest BCUT2D eigenvalue weighted by Crippen LogP contribution is -2.32. The van der Waals surface area contributed by atoms with Gasteiger partial charge in [0.1, 0.15) is 17.4 Å². The average molecular weight is 284 g/mol. The third-order valence-corrected chi connectivity index (χ3v) is 2.79. The quantitative estimate of drug-likeness (QED) is 0.638. The molecule has 104 valence electrons. The maximum Gasteiger partial charge on any atom is 0.325 e. The van der Waals surface area contributed by atoms with E-state index in [9.17, 15) is 9.18 Å². The highest BCUT2D eigenvalue weighted by Crippen LogP contribution is 2.21. The number of likely N-dealkylation sites (N-methyl/N-ethyl adjacent to an activating group) is 1. The van der Waals surface area contributed by atoms with Gasteiger partial charge in [-0.25, -0.2) is 4.39 Å². The van der Waals surface area contributed by atoms with Crippen LogP contribution >= 0.6 is 12.2 Å². The van der Waals surface area contributed by atoms with E-state index in [-0.39, 0.29) is 17.5 Å². The topological polar surface area (TPSA) is 55.6 Å². The summed E-state index contributed by atoms with van der Waals surface area (Å²) in [6.07, 6.45) is 0. The predicted molar refractivity (Wildman–Crippen MR) is 76.8 cm³/mol. The highest BCUT2D eigenvalue weighted by atomic mass is 32.1. The van der Waals surface area contributed by atoms with Crippen LogP contribution in [0.2, 0.25) is 0 Å². The first kappa shape index (κ1) is 15.4. The van der Waals surface area contributed by atoms with E-state index in [0.29, 0.717) is 24.4 Å². The fraction of sp³-hybridized carbons (Fsp3) is 0.385. The number of ether oxygens (including phenoxy) is 1. The number of nitrogens with two attached hydrogens (primary N) is 1. The maximum atomic E-state index is 13.2. The summed E-state index contributed by atoms with van der Waals surface area (Å²) in [4.78, 5) is 13.4. The molecule has 19 heavy (non-hydrogen) atoms. The van der Waals surface area contributed by atoms with Crippen LogP contribution < -0.4 is 10.6 Å². The molecule has 0 amide bonds. The van der Waals surface area contributed by atoms with Crippen molar-refractivity contribution in [1.29, 1.82) is 0 Å². The minimum Gasteiger partial charge on any atom is -0.465 e. The molecule has 0 saturated carbocycles. The molecule has 1 rings (SSSR count). The molecule has 0 aliphatic carbocycles. The van der Waals surface area contributed by atoms with E-state index in [1.54, 1.807) is 17.9 Å². The molecule has 0 bridgehead atoms. The van der Waals surface area contributed by atoms with E-state index in [1.807, 2.05) is 6.92 Å². The van der Waals surface area contributed by atoms with Crippen LogP contribution in [0, 0.1) is 5.82 Å². The largest absolute Gasteiger partial charge is 0.465 e. The second-order valence-corrected chi connectivity index (χ2v) is 4.28. The monoisotopic (exact) mass is 284 g/mol. The molecule has 0 saturated heterocycles. The number of halogens is 1. The Kier molecular flexibility index (Phi) is 5.69. The van der Waals surface area contributed by atoms with Gasteiger partial charge in [-0.2, -0.15) is 0 Å². The van der Waals surface area contributed by atoms with Gasteiger partial charge in [-0.1, -0.05) is 12.2 Å². The number of hydrogen-bond acceptors (Lipinski definition) is 4. The van der Waals surface area contributed by atoms with Crippen LogP contribution in [0.4, 0.5) is 10.1 Å². The highest BCUT2D eigenvalue weighted by molar-refractivity contribution is 7.80. The van der Waals surface area contributed by atoms with Crippen molar-refractivity contribution in [2.24, 2.45) is 5.73 Å². The van der Waals surface area contributed by atoms with Crippen LogP contribution in [-0.4, -0.2) is 30.7 Å². The Morgan fingerprint density at radius 3 is 2.68 bits per heavy atom. The van der Waals surface area contributed by atoms with E-state index in [2.05, 4.69) is 0 Å². The Bertz CT molecular complexity index is 480. The van der Waals surface area contributed by atoms with Gasteiger partial charge in [0.2, 0.25) is 0 Å². The summed E-state index contributed by atoms with van der Waals surface area (Å²) in [7, 11) is 0. The number of carbonyl (C=O) groups excluding carboxylic acids is 1. The lowest BCUT2D eigenvalue weighted by atomic mass is 10.1. The normalized spacial score (nSPS) is 10.1. The Labute approximate surface area is 117 Å². The number of hydrogen-bond donors (Lipinski definition) is 1. The Hall–Kier alpha value is -1.69. The number of anilines is 1. The number of nitrogens with zero attached hydrogens (tertiary/aromatic N) is 1. The molecule has 2 N–H and O–H groups in total. The van der Waals surface area contributed by atoms with Gasteiger partial charge in [-0.15, -0.1) is 0 Å². The fourth-order valence-electron chi connectivity index (χ4n) is 1.71. The van der Waals surface area contributed by atoms with Crippen LogP contribution in [0.15, 0.2) is 18.2 Å². The number of carbonyl (C=O) groups is 1. The summed E-state index contributed by atoms with van der Waals surface area (Å²) in [5, 5.41) is 0. The van der Waals surface area contributed by atoms with Gasteiger partial charge in [-0.3, -0.25) is 4.79 Å². The molecule has 4 nitrogen and oxygen atoms in total. The molecule has 1 aromatic carbocycles. The van der Waals surface area contributed by atoms with Crippen molar-refractivity contribution in [2.45, 2.75) is 13.8 Å².